The molecule has 0 amide bonds. The van der Waals surface area contributed by atoms with Crippen LogP contribution in [-0.4, -0.2) is 18.3 Å². The van der Waals surface area contributed by atoms with E-state index in [0.717, 1.165) is 3.92 Å². The van der Waals surface area contributed by atoms with Crippen LogP contribution in [0.5, 0.6) is 0 Å². The molecule has 1 aliphatic rings. The van der Waals surface area contributed by atoms with Crippen LogP contribution in [0.25, 0.3) is 0 Å². The molecule has 2 unspecified atom stereocenters. The Kier molecular flexibility index (Phi) is 7.66. The van der Waals surface area contributed by atoms with Crippen LogP contribution in [0.4, 0.5) is 0 Å². The van der Waals surface area contributed by atoms with Gasteiger partial charge < -0.3 is 4.43 Å². The van der Waals surface area contributed by atoms with Crippen molar-refractivity contribution >= 4 is 30.9 Å². The van der Waals surface area contributed by atoms with E-state index >= 15 is 0 Å². The van der Waals surface area contributed by atoms with Crippen LogP contribution in [0.2, 0.25) is 19.6 Å². The molecule has 1 rings (SSSR count). The van der Waals surface area contributed by atoms with Crippen LogP contribution in [0, 0.1) is 0 Å². The van der Waals surface area contributed by atoms with Gasteiger partial charge in [-0.25, -0.2) is 0 Å². The van der Waals surface area contributed by atoms with Crippen molar-refractivity contribution in [2.75, 3.05) is 0 Å². The molecule has 1 saturated carbocycles. The number of alkyl halides is 1. The van der Waals surface area contributed by atoms with Crippen LogP contribution in [-0.2, 0) is 4.43 Å². The van der Waals surface area contributed by atoms with Gasteiger partial charge in [0, 0.05) is 3.92 Å². The third-order valence-electron chi connectivity index (χ3n) is 3.38. The molecule has 102 valence electrons. The molecule has 0 aromatic heterocycles. The van der Waals surface area contributed by atoms with Crippen molar-refractivity contribution in [1.82, 2.24) is 0 Å². The fourth-order valence-electron chi connectivity index (χ4n) is 2.52. The molecule has 0 aromatic rings. The first-order valence-electron chi connectivity index (χ1n) is 7.31. The molecule has 1 fully saturated rings. The Morgan fingerprint density at radius 3 is 1.82 bits per heavy atom. The fraction of sp³-hybridized carbons (Fsp3) is 1.00. The van der Waals surface area contributed by atoms with E-state index < -0.39 is 8.32 Å². The number of halogens is 1. The summed E-state index contributed by atoms with van der Waals surface area (Å²) in [5, 5.41) is 0. The quantitative estimate of drug-likeness (QED) is 0.354. The zero-order valence-electron chi connectivity index (χ0n) is 11.8. The summed E-state index contributed by atoms with van der Waals surface area (Å²) in [5.41, 5.74) is 0. The van der Waals surface area contributed by atoms with E-state index in [0.29, 0.717) is 6.10 Å². The van der Waals surface area contributed by atoms with Crippen molar-refractivity contribution in [3.05, 3.63) is 0 Å². The third-order valence-corrected chi connectivity index (χ3v) is 5.81. The van der Waals surface area contributed by atoms with Crippen molar-refractivity contribution < 1.29 is 4.43 Å². The first kappa shape index (κ1) is 16.0. The zero-order chi connectivity index (χ0) is 12.7. The lowest BCUT2D eigenvalue weighted by atomic mass is 10.1. The maximum Gasteiger partial charge on any atom is 0.184 e. The highest BCUT2D eigenvalue weighted by atomic mass is 127. The van der Waals surface area contributed by atoms with Gasteiger partial charge in [0.05, 0.1) is 6.10 Å². The second-order valence-corrected chi connectivity index (χ2v) is 12.4. The predicted octanol–water partition coefficient (Wildman–Crippen LogP) is 5.53. The van der Waals surface area contributed by atoms with Gasteiger partial charge in [0.2, 0.25) is 0 Å². The maximum absolute atomic E-state index is 6.40. The molecule has 3 heteroatoms. The van der Waals surface area contributed by atoms with Gasteiger partial charge in [0.1, 0.15) is 0 Å². The summed E-state index contributed by atoms with van der Waals surface area (Å²) >= 11 is 2.64. The van der Waals surface area contributed by atoms with Crippen molar-refractivity contribution in [1.29, 1.82) is 0 Å². The smallest absolute Gasteiger partial charge is 0.184 e. The summed E-state index contributed by atoms with van der Waals surface area (Å²) in [6.07, 6.45) is 13.1. The molecule has 2 atom stereocenters. The predicted molar refractivity (Wildman–Crippen MR) is 87.6 cm³/mol. The van der Waals surface area contributed by atoms with Crippen LogP contribution in [0.15, 0.2) is 0 Å². The van der Waals surface area contributed by atoms with Crippen molar-refractivity contribution in [3.63, 3.8) is 0 Å². The lowest BCUT2D eigenvalue weighted by molar-refractivity contribution is 0.177. The Hall–Kier alpha value is 0.907. The van der Waals surface area contributed by atoms with Gasteiger partial charge in [0.25, 0.3) is 0 Å². The Balaban J connectivity index is 2.48. The van der Waals surface area contributed by atoms with Crippen LogP contribution in [0.3, 0.4) is 0 Å². The summed E-state index contributed by atoms with van der Waals surface area (Å²) in [4.78, 5) is 0. The molecular formula is C14H29IOSi. The largest absolute Gasteiger partial charge is 0.414 e. The standard InChI is InChI=1S/C14H29IOSi/c1-17(2,3)16-14-12-10-8-6-4-5-7-9-11-13(14)15/h13-14H,4-12H2,1-3H3. The SMILES string of the molecule is C[Si](C)(C)OC1CCCCCCCCCC1I. The van der Waals surface area contributed by atoms with E-state index in [-0.39, 0.29) is 0 Å². The number of rotatable bonds is 2. The second kappa shape index (κ2) is 8.15. The topological polar surface area (TPSA) is 9.23 Å². The van der Waals surface area contributed by atoms with Gasteiger partial charge in [-0.15, -0.1) is 0 Å². The maximum atomic E-state index is 6.40. The fourth-order valence-corrected chi connectivity index (χ4v) is 4.94. The summed E-state index contributed by atoms with van der Waals surface area (Å²) in [7, 11) is -1.37. The molecule has 0 radical (unpaired) electrons. The van der Waals surface area contributed by atoms with Gasteiger partial charge in [-0.3, -0.25) is 0 Å². The van der Waals surface area contributed by atoms with Crippen LogP contribution in [0.1, 0.15) is 57.8 Å². The number of hydrogen-bond donors (Lipinski definition) is 0. The van der Waals surface area contributed by atoms with Crippen molar-refractivity contribution in [2.45, 2.75) is 87.5 Å². The molecular weight excluding hydrogens is 339 g/mol. The molecule has 0 heterocycles. The minimum Gasteiger partial charge on any atom is -0.414 e. The Morgan fingerprint density at radius 2 is 1.29 bits per heavy atom. The third kappa shape index (κ3) is 7.83. The minimum atomic E-state index is -1.37. The zero-order valence-corrected chi connectivity index (χ0v) is 15.0. The summed E-state index contributed by atoms with van der Waals surface area (Å²) in [5.74, 6) is 0. The first-order valence-corrected chi connectivity index (χ1v) is 12.0. The second-order valence-electron chi connectivity index (χ2n) is 6.34. The monoisotopic (exact) mass is 368 g/mol. The van der Waals surface area contributed by atoms with Gasteiger partial charge in [-0.1, -0.05) is 67.5 Å². The molecule has 0 bridgehead atoms. The molecule has 0 saturated heterocycles. The van der Waals surface area contributed by atoms with Crippen molar-refractivity contribution in [2.24, 2.45) is 0 Å². The molecule has 0 spiro atoms. The summed E-state index contributed by atoms with van der Waals surface area (Å²) in [6.45, 7) is 6.96. The normalized spacial score (nSPS) is 29.6. The Bertz CT molecular complexity index is 203. The van der Waals surface area contributed by atoms with E-state index in [9.17, 15) is 0 Å². The molecule has 0 aliphatic heterocycles. The Labute approximate surface area is 122 Å². The summed E-state index contributed by atoms with van der Waals surface area (Å²) < 4.78 is 7.13. The van der Waals surface area contributed by atoms with E-state index in [4.69, 9.17) is 4.43 Å². The molecule has 1 aliphatic carbocycles. The number of hydrogen-bond acceptors (Lipinski definition) is 1. The van der Waals surface area contributed by atoms with Crippen molar-refractivity contribution in [3.8, 4) is 0 Å². The van der Waals surface area contributed by atoms with Gasteiger partial charge in [0.15, 0.2) is 8.32 Å². The molecule has 0 N–H and O–H groups in total. The summed E-state index contributed by atoms with van der Waals surface area (Å²) in [6, 6.07) is 0. The minimum absolute atomic E-state index is 0.528. The Morgan fingerprint density at radius 1 is 0.824 bits per heavy atom. The highest BCUT2D eigenvalue weighted by molar-refractivity contribution is 14.1. The van der Waals surface area contributed by atoms with E-state index in [1.54, 1.807) is 0 Å². The first-order chi connectivity index (χ1) is 7.99. The van der Waals surface area contributed by atoms with Gasteiger partial charge in [-0.05, 0) is 32.5 Å². The lowest BCUT2D eigenvalue weighted by Crippen LogP contribution is -2.36. The average Bonchev–Trinajstić information content (AvgIpc) is 2.25. The average molecular weight is 368 g/mol. The highest BCUT2D eigenvalue weighted by Gasteiger charge is 2.26. The van der Waals surface area contributed by atoms with Gasteiger partial charge in [-0.2, -0.15) is 0 Å². The molecule has 0 aromatic carbocycles. The van der Waals surface area contributed by atoms with E-state index in [1.165, 1.54) is 57.8 Å². The van der Waals surface area contributed by atoms with Crippen LogP contribution < -0.4 is 0 Å². The van der Waals surface area contributed by atoms with E-state index in [1.807, 2.05) is 0 Å². The van der Waals surface area contributed by atoms with Crippen LogP contribution >= 0.6 is 22.6 Å². The molecule has 17 heavy (non-hydrogen) atoms. The molecule has 1 nitrogen and oxygen atoms in total. The van der Waals surface area contributed by atoms with Gasteiger partial charge >= 0.3 is 0 Å². The van der Waals surface area contributed by atoms with E-state index in [2.05, 4.69) is 42.2 Å². The lowest BCUT2D eigenvalue weighted by Gasteiger charge is -2.30. The highest BCUT2D eigenvalue weighted by Crippen LogP contribution is 2.26.